The topological polar surface area (TPSA) is 56.1 Å². The zero-order valence-electron chi connectivity index (χ0n) is 12.2. The summed E-state index contributed by atoms with van der Waals surface area (Å²) < 4.78 is 10.9. The van der Waals surface area contributed by atoms with Gasteiger partial charge in [0.2, 0.25) is 5.95 Å². The lowest BCUT2D eigenvalue weighted by atomic mass is 10.2. The number of rotatable bonds is 4. The molecule has 0 fully saturated rings. The van der Waals surface area contributed by atoms with Crippen LogP contribution in [0.1, 0.15) is 5.56 Å². The summed E-state index contributed by atoms with van der Waals surface area (Å²) in [6.45, 7) is 2.02. The first-order valence-electron chi connectivity index (χ1n) is 6.74. The van der Waals surface area contributed by atoms with Crippen molar-refractivity contribution in [1.29, 1.82) is 0 Å². The van der Waals surface area contributed by atoms with Crippen molar-refractivity contribution in [3.63, 3.8) is 0 Å². The fourth-order valence-corrected chi connectivity index (χ4v) is 2.71. The number of aromatic nitrogens is 2. The highest BCUT2D eigenvalue weighted by Crippen LogP contribution is 2.20. The summed E-state index contributed by atoms with van der Waals surface area (Å²) >= 11 is 0.923. The second kappa shape index (κ2) is 6.03. The Labute approximate surface area is 132 Å². The van der Waals surface area contributed by atoms with Crippen molar-refractivity contribution in [2.45, 2.75) is 6.92 Å². The van der Waals surface area contributed by atoms with Crippen molar-refractivity contribution < 1.29 is 4.74 Å². The number of ether oxygens (including phenoxy) is 1. The first-order valence-corrected chi connectivity index (χ1v) is 7.51. The normalized spacial score (nSPS) is 10.5. The molecule has 112 valence electrons. The molecule has 0 amide bonds. The molecule has 0 saturated carbocycles. The monoisotopic (exact) mass is 313 g/mol. The molecule has 1 heterocycles. The van der Waals surface area contributed by atoms with E-state index < -0.39 is 0 Å². The first kappa shape index (κ1) is 14.3. The zero-order chi connectivity index (χ0) is 15.5. The van der Waals surface area contributed by atoms with Crippen LogP contribution in [0.15, 0.2) is 53.3 Å². The van der Waals surface area contributed by atoms with Crippen LogP contribution in [0.25, 0.3) is 5.69 Å². The van der Waals surface area contributed by atoms with Gasteiger partial charge in [-0.1, -0.05) is 12.1 Å². The van der Waals surface area contributed by atoms with Gasteiger partial charge >= 0.3 is 4.87 Å². The average molecular weight is 313 g/mol. The van der Waals surface area contributed by atoms with Crippen LogP contribution < -0.4 is 14.9 Å². The number of methoxy groups -OCH3 is 1. The smallest absolute Gasteiger partial charge is 0.332 e. The van der Waals surface area contributed by atoms with E-state index in [0.29, 0.717) is 5.95 Å². The predicted octanol–water partition coefficient (Wildman–Crippen LogP) is 3.35. The van der Waals surface area contributed by atoms with E-state index >= 15 is 0 Å². The molecule has 1 N–H and O–H groups in total. The van der Waals surface area contributed by atoms with Crippen LogP contribution in [0.4, 0.5) is 11.6 Å². The van der Waals surface area contributed by atoms with E-state index in [0.717, 1.165) is 34.2 Å². The molecular weight excluding hydrogens is 298 g/mol. The molecule has 22 heavy (non-hydrogen) atoms. The second-order valence-corrected chi connectivity index (χ2v) is 5.51. The van der Waals surface area contributed by atoms with Gasteiger partial charge in [0.25, 0.3) is 0 Å². The van der Waals surface area contributed by atoms with Gasteiger partial charge in [-0.2, -0.15) is 4.37 Å². The van der Waals surface area contributed by atoms with E-state index in [4.69, 9.17) is 4.74 Å². The number of hydrogen-bond donors (Lipinski definition) is 1. The first-order chi connectivity index (χ1) is 10.7. The van der Waals surface area contributed by atoms with Gasteiger partial charge in [0, 0.05) is 17.2 Å². The third-order valence-electron chi connectivity index (χ3n) is 3.21. The van der Waals surface area contributed by atoms with E-state index in [-0.39, 0.29) is 4.87 Å². The Hall–Kier alpha value is -2.60. The zero-order valence-corrected chi connectivity index (χ0v) is 13.1. The Morgan fingerprint density at radius 2 is 1.95 bits per heavy atom. The highest BCUT2D eigenvalue weighted by atomic mass is 32.1. The number of nitrogens with one attached hydrogen (secondary N) is 1. The van der Waals surface area contributed by atoms with Gasteiger partial charge in [0.1, 0.15) is 5.75 Å². The van der Waals surface area contributed by atoms with Gasteiger partial charge in [0.15, 0.2) is 0 Å². The molecule has 0 bridgehead atoms. The summed E-state index contributed by atoms with van der Waals surface area (Å²) in [5, 5.41) is 3.19. The Morgan fingerprint density at radius 3 is 2.64 bits per heavy atom. The Kier molecular flexibility index (Phi) is 3.93. The van der Waals surface area contributed by atoms with Crippen molar-refractivity contribution in [2.75, 3.05) is 12.4 Å². The van der Waals surface area contributed by atoms with E-state index in [1.54, 1.807) is 11.7 Å². The molecule has 0 spiro atoms. The molecule has 0 aliphatic heterocycles. The molecule has 0 unspecified atom stereocenters. The van der Waals surface area contributed by atoms with Gasteiger partial charge < -0.3 is 10.1 Å². The Balaban J connectivity index is 1.98. The van der Waals surface area contributed by atoms with Gasteiger partial charge in [-0.15, -0.1) is 0 Å². The molecule has 0 saturated heterocycles. The summed E-state index contributed by atoms with van der Waals surface area (Å²) in [6.07, 6.45) is 0. The largest absolute Gasteiger partial charge is 0.497 e. The Morgan fingerprint density at radius 1 is 1.18 bits per heavy atom. The van der Waals surface area contributed by atoms with Gasteiger partial charge in [-0.25, -0.2) is 4.57 Å². The molecule has 2 aromatic carbocycles. The third-order valence-corrected chi connectivity index (χ3v) is 3.81. The second-order valence-electron chi connectivity index (χ2n) is 4.80. The highest BCUT2D eigenvalue weighted by Gasteiger charge is 2.11. The van der Waals surface area contributed by atoms with E-state index in [9.17, 15) is 4.79 Å². The molecule has 0 aliphatic rings. The van der Waals surface area contributed by atoms with Crippen LogP contribution in [0, 0.1) is 6.92 Å². The van der Waals surface area contributed by atoms with Gasteiger partial charge in [-0.05, 0) is 48.9 Å². The molecule has 0 radical (unpaired) electrons. The minimum Gasteiger partial charge on any atom is -0.497 e. The average Bonchev–Trinajstić information content (AvgIpc) is 2.88. The fourth-order valence-electron chi connectivity index (χ4n) is 2.14. The van der Waals surface area contributed by atoms with Crippen LogP contribution in [0.5, 0.6) is 5.75 Å². The molecule has 5 nitrogen and oxygen atoms in total. The summed E-state index contributed by atoms with van der Waals surface area (Å²) in [5.74, 6) is 1.25. The highest BCUT2D eigenvalue weighted by molar-refractivity contribution is 7.03. The number of anilines is 2. The van der Waals surface area contributed by atoms with Crippen molar-refractivity contribution in [1.82, 2.24) is 8.94 Å². The van der Waals surface area contributed by atoms with E-state index in [1.807, 2.05) is 55.5 Å². The van der Waals surface area contributed by atoms with E-state index in [2.05, 4.69) is 9.69 Å². The molecule has 0 aliphatic carbocycles. The molecule has 6 heteroatoms. The molecule has 0 atom stereocenters. The van der Waals surface area contributed by atoms with Crippen LogP contribution in [-0.2, 0) is 0 Å². The maximum atomic E-state index is 12.1. The maximum absolute atomic E-state index is 12.1. The SMILES string of the molecule is COc1ccc(-n2c(Nc3cccc(C)c3)nsc2=O)cc1. The van der Waals surface area contributed by atoms with Crippen LogP contribution in [0.3, 0.4) is 0 Å². The van der Waals surface area contributed by atoms with Crippen LogP contribution in [-0.4, -0.2) is 16.1 Å². The van der Waals surface area contributed by atoms with Crippen LogP contribution in [0.2, 0.25) is 0 Å². The van der Waals surface area contributed by atoms with Crippen molar-refractivity contribution in [3.8, 4) is 11.4 Å². The number of hydrogen-bond acceptors (Lipinski definition) is 5. The lowest BCUT2D eigenvalue weighted by molar-refractivity contribution is 0.414. The van der Waals surface area contributed by atoms with Crippen molar-refractivity contribution >= 4 is 23.2 Å². The minimum absolute atomic E-state index is 0.139. The van der Waals surface area contributed by atoms with Crippen molar-refractivity contribution in [3.05, 3.63) is 63.8 Å². The van der Waals surface area contributed by atoms with Crippen molar-refractivity contribution in [2.24, 2.45) is 0 Å². The molecular formula is C16H15N3O2S. The fraction of sp³-hybridized carbons (Fsp3) is 0.125. The number of nitrogens with zero attached hydrogens (tertiary/aromatic N) is 2. The summed E-state index contributed by atoms with van der Waals surface area (Å²) in [4.78, 5) is 12.0. The molecule has 3 aromatic rings. The summed E-state index contributed by atoms with van der Waals surface area (Å²) in [7, 11) is 1.61. The lowest BCUT2D eigenvalue weighted by Gasteiger charge is -2.09. The standard InChI is InChI=1S/C16H15N3O2S/c1-11-4-3-5-12(10-11)17-15-18-22-16(20)19(15)13-6-8-14(21-2)9-7-13/h3-10H,1-2H3,(H,17,18). The maximum Gasteiger partial charge on any atom is 0.332 e. The molecule has 3 rings (SSSR count). The molecule has 1 aromatic heterocycles. The summed E-state index contributed by atoms with van der Waals surface area (Å²) in [6, 6.07) is 15.2. The van der Waals surface area contributed by atoms with Gasteiger partial charge in [0.05, 0.1) is 12.8 Å². The quantitative estimate of drug-likeness (QED) is 0.802. The van der Waals surface area contributed by atoms with Crippen LogP contribution >= 0.6 is 11.5 Å². The number of benzene rings is 2. The predicted molar refractivity (Wildman–Crippen MR) is 88.7 cm³/mol. The number of aryl methyl sites for hydroxylation is 1. The van der Waals surface area contributed by atoms with Gasteiger partial charge in [-0.3, -0.25) is 4.79 Å². The third kappa shape index (κ3) is 2.87. The van der Waals surface area contributed by atoms with E-state index in [1.165, 1.54) is 0 Å². The summed E-state index contributed by atoms with van der Waals surface area (Å²) in [5.41, 5.74) is 2.78. The lowest BCUT2D eigenvalue weighted by Crippen LogP contribution is -2.13. The minimum atomic E-state index is -0.139. The Bertz CT molecular complexity index is 837.